The second-order valence-corrected chi connectivity index (χ2v) is 7.89. The number of nitrogens with one attached hydrogen (secondary N) is 2. The minimum absolute atomic E-state index is 0. The summed E-state index contributed by atoms with van der Waals surface area (Å²) >= 11 is 0.970. The molecule has 1 saturated heterocycles. The second kappa shape index (κ2) is 11.7. The summed E-state index contributed by atoms with van der Waals surface area (Å²) in [5.74, 6) is 1.40. The first-order chi connectivity index (χ1) is 14.4. The van der Waals surface area contributed by atoms with Crippen LogP contribution in [0.2, 0.25) is 0 Å². The smallest absolute Gasteiger partial charge is 0.434 e. The lowest BCUT2D eigenvalue weighted by Gasteiger charge is -2.35. The summed E-state index contributed by atoms with van der Waals surface area (Å²) in [6, 6.07) is 8.14. The van der Waals surface area contributed by atoms with Crippen molar-refractivity contribution in [2.45, 2.75) is 38.5 Å². The number of hydrogen-bond donors (Lipinski definition) is 2. The predicted molar refractivity (Wildman–Crippen MR) is 129 cm³/mol. The Morgan fingerprint density at radius 2 is 2.19 bits per heavy atom. The molecule has 2 heterocycles. The van der Waals surface area contributed by atoms with Gasteiger partial charge in [0.05, 0.1) is 13.7 Å². The number of thiazole rings is 1. The highest BCUT2D eigenvalue weighted by molar-refractivity contribution is 14.0. The normalized spacial score (nSPS) is 17.1. The fourth-order valence-electron chi connectivity index (χ4n) is 3.31. The van der Waals surface area contributed by atoms with Gasteiger partial charge in [-0.05, 0) is 31.9 Å². The first-order valence-corrected chi connectivity index (χ1v) is 10.7. The van der Waals surface area contributed by atoms with E-state index in [1.165, 1.54) is 0 Å². The van der Waals surface area contributed by atoms with Gasteiger partial charge in [-0.2, -0.15) is 13.2 Å². The summed E-state index contributed by atoms with van der Waals surface area (Å²) in [4.78, 5) is 10.4. The molecule has 1 aliphatic heterocycles. The number of ether oxygens (including phenoxy) is 1. The van der Waals surface area contributed by atoms with Gasteiger partial charge in [0.2, 0.25) is 0 Å². The van der Waals surface area contributed by atoms with Crippen LogP contribution in [0.1, 0.15) is 30.5 Å². The number of guanidine groups is 1. The Hall–Kier alpha value is -1.76. The van der Waals surface area contributed by atoms with Crippen molar-refractivity contribution < 1.29 is 17.9 Å². The number of alkyl halides is 3. The van der Waals surface area contributed by atoms with Crippen molar-refractivity contribution in [1.29, 1.82) is 0 Å². The summed E-state index contributed by atoms with van der Waals surface area (Å²) < 4.78 is 43.5. The van der Waals surface area contributed by atoms with Gasteiger partial charge in [0.1, 0.15) is 10.8 Å². The molecule has 0 saturated carbocycles. The minimum Gasteiger partial charge on any atom is -0.497 e. The molecule has 31 heavy (non-hydrogen) atoms. The van der Waals surface area contributed by atoms with Crippen LogP contribution in [0.5, 0.6) is 5.75 Å². The van der Waals surface area contributed by atoms with Crippen molar-refractivity contribution in [2.75, 3.05) is 31.6 Å². The van der Waals surface area contributed by atoms with Crippen LogP contribution in [0, 0.1) is 0 Å². The maximum atomic E-state index is 12.7. The summed E-state index contributed by atoms with van der Waals surface area (Å²) in [5, 5.41) is 7.94. The van der Waals surface area contributed by atoms with Gasteiger partial charge in [-0.1, -0.05) is 6.07 Å². The zero-order chi connectivity index (χ0) is 21.6. The zero-order valence-electron chi connectivity index (χ0n) is 17.4. The van der Waals surface area contributed by atoms with Crippen molar-refractivity contribution >= 4 is 47.0 Å². The third kappa shape index (κ3) is 7.41. The number of anilines is 1. The topological polar surface area (TPSA) is 61.8 Å². The average Bonchev–Trinajstić information content (AvgIpc) is 3.22. The Bertz CT molecular complexity index is 861. The lowest BCUT2D eigenvalue weighted by Crippen LogP contribution is -2.51. The van der Waals surface area contributed by atoms with Crippen molar-refractivity contribution in [3.05, 3.63) is 40.3 Å². The molecule has 6 nitrogen and oxygen atoms in total. The van der Waals surface area contributed by atoms with E-state index in [1.54, 1.807) is 7.11 Å². The van der Waals surface area contributed by atoms with Crippen molar-refractivity contribution in [1.82, 2.24) is 15.6 Å². The molecule has 1 aromatic carbocycles. The lowest BCUT2D eigenvalue weighted by atomic mass is 10.0. The van der Waals surface area contributed by atoms with E-state index in [0.717, 1.165) is 54.1 Å². The van der Waals surface area contributed by atoms with Gasteiger partial charge in [-0.3, -0.25) is 0 Å². The van der Waals surface area contributed by atoms with Crippen LogP contribution in [0.25, 0.3) is 0 Å². The van der Waals surface area contributed by atoms with Gasteiger partial charge in [-0.15, -0.1) is 35.3 Å². The number of nitrogens with zero attached hydrogens (tertiary/aromatic N) is 3. The molecule has 0 bridgehead atoms. The van der Waals surface area contributed by atoms with Crippen molar-refractivity contribution in [3.63, 3.8) is 0 Å². The Kier molecular flexibility index (Phi) is 9.66. The highest BCUT2D eigenvalue weighted by Crippen LogP contribution is 2.30. The quantitative estimate of drug-likeness (QED) is 0.305. The van der Waals surface area contributed by atoms with Crippen LogP contribution in [-0.4, -0.2) is 43.7 Å². The third-order valence-corrected chi connectivity index (χ3v) is 5.57. The summed E-state index contributed by atoms with van der Waals surface area (Å²) in [5.41, 5.74) is 0.238. The number of halogens is 4. The number of aliphatic imine (C=N–C) groups is 1. The Morgan fingerprint density at radius 1 is 1.39 bits per heavy atom. The van der Waals surface area contributed by atoms with Crippen LogP contribution in [0.3, 0.4) is 0 Å². The van der Waals surface area contributed by atoms with Crippen LogP contribution >= 0.6 is 35.3 Å². The van der Waals surface area contributed by atoms with E-state index in [1.807, 2.05) is 25.1 Å². The molecule has 1 aromatic heterocycles. The van der Waals surface area contributed by atoms with E-state index in [9.17, 15) is 13.2 Å². The van der Waals surface area contributed by atoms with Crippen LogP contribution < -0.4 is 20.3 Å². The average molecular weight is 569 g/mol. The largest absolute Gasteiger partial charge is 0.497 e. The SMILES string of the molecule is CCNC(=NCc1nc(C(F)(F)F)cs1)NC1CCCN(c2cccc(OC)c2)C1.I. The predicted octanol–water partition coefficient (Wildman–Crippen LogP) is 4.51. The van der Waals surface area contributed by atoms with Crippen molar-refractivity contribution in [2.24, 2.45) is 4.99 Å². The molecule has 1 fully saturated rings. The first kappa shape index (κ1) is 25.5. The molecule has 0 amide bonds. The molecule has 0 spiro atoms. The van der Waals surface area contributed by atoms with E-state index in [4.69, 9.17) is 4.74 Å². The molecule has 0 radical (unpaired) electrons. The standard InChI is InChI=1S/C20H26F3N5OS.HI/c1-3-24-19(25-11-18-27-17(13-30-18)20(21,22)23)26-14-6-5-9-28(12-14)15-7-4-8-16(10-15)29-2;/h4,7-8,10,13-14H,3,5-6,9,11-12H2,1-2H3,(H2,24,25,26);1H. The third-order valence-electron chi connectivity index (χ3n) is 4.74. The van der Waals surface area contributed by atoms with E-state index in [2.05, 4.69) is 31.6 Å². The first-order valence-electron chi connectivity index (χ1n) is 9.84. The Labute approximate surface area is 201 Å². The van der Waals surface area contributed by atoms with Gasteiger partial charge >= 0.3 is 6.18 Å². The fourth-order valence-corrected chi connectivity index (χ4v) is 4.03. The highest BCUT2D eigenvalue weighted by atomic mass is 127. The fraction of sp³-hybridized carbons (Fsp3) is 0.500. The molecule has 3 rings (SSSR count). The minimum atomic E-state index is -4.42. The molecule has 0 aliphatic carbocycles. The number of piperidine rings is 1. The molecule has 2 aromatic rings. The maximum absolute atomic E-state index is 12.7. The highest BCUT2D eigenvalue weighted by Gasteiger charge is 2.33. The molecule has 11 heteroatoms. The second-order valence-electron chi connectivity index (χ2n) is 6.95. The number of rotatable bonds is 6. The molecule has 1 atom stereocenters. The Morgan fingerprint density at radius 3 is 2.87 bits per heavy atom. The Balaban J connectivity index is 0.00000341. The number of hydrogen-bond acceptors (Lipinski definition) is 5. The molecule has 2 N–H and O–H groups in total. The maximum Gasteiger partial charge on any atom is 0.434 e. The van der Waals surface area contributed by atoms with Gasteiger partial charge in [-0.25, -0.2) is 9.98 Å². The van der Waals surface area contributed by atoms with Gasteiger partial charge in [0.25, 0.3) is 0 Å². The monoisotopic (exact) mass is 569 g/mol. The van der Waals surface area contributed by atoms with E-state index in [-0.39, 0.29) is 36.6 Å². The van der Waals surface area contributed by atoms with Crippen LogP contribution in [-0.2, 0) is 12.7 Å². The summed E-state index contributed by atoms with van der Waals surface area (Å²) in [6.45, 7) is 4.46. The molecular formula is C20H27F3IN5OS. The van der Waals surface area contributed by atoms with Gasteiger partial charge in [0, 0.05) is 42.8 Å². The number of methoxy groups -OCH3 is 1. The zero-order valence-corrected chi connectivity index (χ0v) is 20.6. The van der Waals surface area contributed by atoms with Gasteiger partial charge in [0.15, 0.2) is 11.7 Å². The number of aromatic nitrogens is 1. The van der Waals surface area contributed by atoms with E-state index >= 15 is 0 Å². The van der Waals surface area contributed by atoms with Crippen molar-refractivity contribution in [3.8, 4) is 5.75 Å². The lowest BCUT2D eigenvalue weighted by molar-refractivity contribution is -0.140. The van der Waals surface area contributed by atoms with Gasteiger partial charge < -0.3 is 20.3 Å². The van der Waals surface area contributed by atoms with E-state index < -0.39 is 11.9 Å². The van der Waals surface area contributed by atoms with E-state index in [0.29, 0.717) is 17.5 Å². The summed E-state index contributed by atoms with van der Waals surface area (Å²) in [6.07, 6.45) is -2.41. The van der Waals surface area contributed by atoms with Crippen LogP contribution in [0.4, 0.5) is 18.9 Å². The molecule has 172 valence electrons. The molecular weight excluding hydrogens is 542 g/mol. The summed E-state index contributed by atoms with van der Waals surface area (Å²) in [7, 11) is 1.65. The van der Waals surface area contributed by atoms with Crippen LogP contribution in [0.15, 0.2) is 34.6 Å². The molecule has 1 aliphatic rings. The number of benzene rings is 1. The molecule has 1 unspecified atom stereocenters.